The number of anilines is 1. The average Bonchev–Trinajstić information content (AvgIpc) is 3.68. The topological polar surface area (TPSA) is 76.5 Å². The van der Waals surface area contributed by atoms with E-state index < -0.39 is 0 Å². The molecule has 1 aromatic heterocycles. The first kappa shape index (κ1) is 22.7. The maximum Gasteiger partial charge on any atom is 0.263 e. The van der Waals surface area contributed by atoms with Crippen LogP contribution in [-0.2, 0) is 13.0 Å². The van der Waals surface area contributed by atoms with Crippen molar-refractivity contribution in [2.45, 2.75) is 25.8 Å². The molecule has 2 aromatic carbocycles. The summed E-state index contributed by atoms with van der Waals surface area (Å²) >= 11 is 12.1. The molecule has 176 valence electrons. The van der Waals surface area contributed by atoms with Gasteiger partial charge in [-0.3, -0.25) is 9.59 Å². The molecular formula is C25H24Cl2N4O3. The average molecular weight is 499 g/mol. The number of halogens is 2. The summed E-state index contributed by atoms with van der Waals surface area (Å²) in [5.74, 6) is 1.47. The standard InChI is InChI=1S/C25H24Cl2N4O3/c1-34-22-5-3-2-4-21(22)31-24(33)17-10-11-30(23(32)16-8-9-18(26)19(27)12-16)14-20(17)29-25(31)28-13-15-6-7-15/h2-5,8-9,12,15H,6-7,10-11,13-14H2,1H3,(H,28,29). The Morgan fingerprint density at radius 3 is 2.71 bits per heavy atom. The minimum atomic E-state index is -0.174. The third kappa shape index (κ3) is 4.38. The fourth-order valence-electron chi connectivity index (χ4n) is 4.19. The lowest BCUT2D eigenvalue weighted by Gasteiger charge is -2.29. The number of carbonyl (C=O) groups excluding carboxylic acids is 1. The molecule has 5 rings (SSSR count). The number of hydrogen-bond donors (Lipinski definition) is 1. The Kier molecular flexibility index (Phi) is 6.23. The minimum Gasteiger partial charge on any atom is -0.495 e. The molecule has 0 unspecified atom stereocenters. The first-order valence-corrected chi connectivity index (χ1v) is 12.0. The van der Waals surface area contributed by atoms with Crippen LogP contribution in [0.1, 0.15) is 34.5 Å². The fourth-order valence-corrected chi connectivity index (χ4v) is 4.49. The van der Waals surface area contributed by atoms with Gasteiger partial charge in [-0.05, 0) is 55.5 Å². The quantitative estimate of drug-likeness (QED) is 0.538. The van der Waals surface area contributed by atoms with E-state index in [-0.39, 0.29) is 18.0 Å². The van der Waals surface area contributed by atoms with E-state index in [1.165, 1.54) is 12.8 Å². The summed E-state index contributed by atoms with van der Waals surface area (Å²) in [4.78, 5) is 33.3. The van der Waals surface area contributed by atoms with Crippen molar-refractivity contribution in [1.29, 1.82) is 0 Å². The number of nitrogens with one attached hydrogen (secondary N) is 1. The maximum absolute atomic E-state index is 13.7. The molecule has 0 spiro atoms. The second-order valence-electron chi connectivity index (χ2n) is 8.60. The Labute approximate surface area is 207 Å². The number of nitrogens with zero attached hydrogens (tertiary/aromatic N) is 3. The maximum atomic E-state index is 13.7. The van der Waals surface area contributed by atoms with Gasteiger partial charge in [-0.25, -0.2) is 9.55 Å². The summed E-state index contributed by atoms with van der Waals surface area (Å²) < 4.78 is 7.11. The second-order valence-corrected chi connectivity index (χ2v) is 9.42. The van der Waals surface area contributed by atoms with Gasteiger partial charge in [0.25, 0.3) is 11.5 Å². The fraction of sp³-hybridized carbons (Fsp3) is 0.320. The van der Waals surface area contributed by atoms with Crippen LogP contribution in [0.2, 0.25) is 10.0 Å². The Morgan fingerprint density at radius 1 is 1.18 bits per heavy atom. The monoisotopic (exact) mass is 498 g/mol. The van der Waals surface area contributed by atoms with Crippen molar-refractivity contribution < 1.29 is 9.53 Å². The number of aromatic nitrogens is 2. The highest BCUT2D eigenvalue weighted by molar-refractivity contribution is 6.42. The molecular weight excluding hydrogens is 475 g/mol. The normalized spacial score (nSPS) is 15.1. The summed E-state index contributed by atoms with van der Waals surface area (Å²) in [7, 11) is 1.58. The summed E-state index contributed by atoms with van der Waals surface area (Å²) in [6.45, 7) is 1.39. The molecule has 1 amide bonds. The largest absolute Gasteiger partial charge is 0.495 e. The van der Waals surface area contributed by atoms with Crippen LogP contribution >= 0.6 is 23.2 Å². The van der Waals surface area contributed by atoms with Gasteiger partial charge in [0, 0.05) is 24.2 Å². The molecule has 1 aliphatic carbocycles. The molecule has 0 radical (unpaired) electrons. The molecule has 2 aliphatic rings. The molecule has 0 saturated heterocycles. The Hall–Kier alpha value is -3.03. The highest BCUT2D eigenvalue weighted by Crippen LogP contribution is 2.30. The smallest absolute Gasteiger partial charge is 0.263 e. The summed E-state index contributed by atoms with van der Waals surface area (Å²) in [6, 6.07) is 12.2. The molecule has 9 heteroatoms. The zero-order chi connectivity index (χ0) is 23.8. The summed E-state index contributed by atoms with van der Waals surface area (Å²) in [5.41, 5.74) is 2.16. The first-order valence-electron chi connectivity index (χ1n) is 11.2. The van der Waals surface area contributed by atoms with E-state index in [2.05, 4.69) is 5.32 Å². The molecule has 0 atom stereocenters. The van der Waals surface area contributed by atoms with Gasteiger partial charge in [-0.1, -0.05) is 35.3 Å². The lowest BCUT2D eigenvalue weighted by Crippen LogP contribution is -2.41. The van der Waals surface area contributed by atoms with Gasteiger partial charge in [0.05, 0.1) is 35.1 Å². The zero-order valence-electron chi connectivity index (χ0n) is 18.7. The molecule has 1 N–H and O–H groups in total. The van der Waals surface area contributed by atoms with Crippen molar-refractivity contribution in [3.8, 4) is 11.4 Å². The third-order valence-electron chi connectivity index (χ3n) is 6.26. The molecule has 7 nitrogen and oxygen atoms in total. The van der Waals surface area contributed by atoms with Crippen LogP contribution in [0.5, 0.6) is 5.75 Å². The van der Waals surface area contributed by atoms with E-state index in [9.17, 15) is 9.59 Å². The predicted molar refractivity (Wildman–Crippen MR) is 133 cm³/mol. The minimum absolute atomic E-state index is 0.144. The van der Waals surface area contributed by atoms with E-state index in [1.54, 1.807) is 34.8 Å². The molecule has 1 aliphatic heterocycles. The highest BCUT2D eigenvalue weighted by Gasteiger charge is 2.29. The van der Waals surface area contributed by atoms with Gasteiger partial charge in [0.15, 0.2) is 0 Å². The van der Waals surface area contributed by atoms with E-state index in [0.29, 0.717) is 63.1 Å². The van der Waals surface area contributed by atoms with E-state index in [1.807, 2.05) is 24.3 Å². The van der Waals surface area contributed by atoms with Gasteiger partial charge in [-0.15, -0.1) is 0 Å². The summed E-state index contributed by atoms with van der Waals surface area (Å²) in [5, 5.41) is 4.09. The van der Waals surface area contributed by atoms with Crippen LogP contribution in [0.3, 0.4) is 0 Å². The van der Waals surface area contributed by atoms with Crippen molar-refractivity contribution in [2.75, 3.05) is 25.5 Å². The SMILES string of the molecule is COc1ccccc1-n1c(NCC2CC2)nc2c(c1=O)CCN(C(=O)c1ccc(Cl)c(Cl)c1)C2. The molecule has 2 heterocycles. The van der Waals surface area contributed by atoms with Crippen LogP contribution in [0.4, 0.5) is 5.95 Å². The van der Waals surface area contributed by atoms with Crippen LogP contribution in [-0.4, -0.2) is 40.6 Å². The third-order valence-corrected chi connectivity index (χ3v) is 7.00. The van der Waals surface area contributed by atoms with Gasteiger partial charge in [0.1, 0.15) is 5.75 Å². The number of ether oxygens (including phenoxy) is 1. The van der Waals surface area contributed by atoms with Gasteiger partial charge < -0.3 is 15.0 Å². The van der Waals surface area contributed by atoms with E-state index in [4.69, 9.17) is 32.9 Å². The molecule has 3 aromatic rings. The van der Waals surface area contributed by atoms with Crippen molar-refractivity contribution in [3.05, 3.63) is 79.7 Å². The van der Waals surface area contributed by atoms with Gasteiger partial charge in [0.2, 0.25) is 5.95 Å². The number of benzene rings is 2. The van der Waals surface area contributed by atoms with E-state index >= 15 is 0 Å². The molecule has 1 saturated carbocycles. The Morgan fingerprint density at radius 2 is 1.97 bits per heavy atom. The zero-order valence-corrected chi connectivity index (χ0v) is 20.2. The molecule has 1 fully saturated rings. The van der Waals surface area contributed by atoms with Crippen LogP contribution in [0, 0.1) is 5.92 Å². The molecule has 34 heavy (non-hydrogen) atoms. The number of fused-ring (bicyclic) bond motifs is 1. The number of para-hydroxylation sites is 2. The highest BCUT2D eigenvalue weighted by atomic mass is 35.5. The number of rotatable bonds is 6. The Balaban J connectivity index is 1.52. The Bertz CT molecular complexity index is 1320. The van der Waals surface area contributed by atoms with Crippen LogP contribution in [0.15, 0.2) is 47.3 Å². The number of carbonyl (C=O) groups is 1. The van der Waals surface area contributed by atoms with Crippen molar-refractivity contribution in [1.82, 2.24) is 14.5 Å². The van der Waals surface area contributed by atoms with Crippen LogP contribution in [0.25, 0.3) is 5.69 Å². The van der Waals surface area contributed by atoms with Gasteiger partial charge >= 0.3 is 0 Å². The second kappa shape index (κ2) is 9.31. The lowest BCUT2D eigenvalue weighted by atomic mass is 10.0. The molecule has 0 bridgehead atoms. The van der Waals surface area contributed by atoms with Crippen molar-refractivity contribution in [2.24, 2.45) is 5.92 Å². The first-order chi connectivity index (χ1) is 16.5. The van der Waals surface area contributed by atoms with Gasteiger partial charge in [-0.2, -0.15) is 0 Å². The predicted octanol–water partition coefficient (Wildman–Crippen LogP) is 4.57. The number of amides is 1. The van der Waals surface area contributed by atoms with Crippen LogP contribution < -0.4 is 15.6 Å². The number of methoxy groups -OCH3 is 1. The van der Waals surface area contributed by atoms with Crippen molar-refractivity contribution in [3.63, 3.8) is 0 Å². The van der Waals surface area contributed by atoms with Crippen molar-refractivity contribution >= 4 is 35.1 Å². The lowest BCUT2D eigenvalue weighted by molar-refractivity contribution is 0.0731. The summed E-state index contributed by atoms with van der Waals surface area (Å²) in [6.07, 6.45) is 2.75. The number of hydrogen-bond acceptors (Lipinski definition) is 5. The van der Waals surface area contributed by atoms with E-state index in [0.717, 1.165) is 6.54 Å².